The minimum Gasteiger partial charge on any atom is -0.467 e. The number of aliphatic hydroxyl groups excluding tert-OH is 1. The summed E-state index contributed by atoms with van der Waals surface area (Å²) in [5, 5.41) is 12.7. The van der Waals surface area contributed by atoms with Crippen LogP contribution in [0.4, 0.5) is 0 Å². The zero-order valence-corrected chi connectivity index (χ0v) is 21.6. The molecular weight excluding hydrogens is 466 g/mol. The molecular formula is C25H37N5O6. The average Bonchev–Trinajstić information content (AvgIpc) is 3.34. The lowest BCUT2D eigenvalue weighted by atomic mass is 9.53. The van der Waals surface area contributed by atoms with E-state index in [-0.39, 0.29) is 22.6 Å². The van der Waals surface area contributed by atoms with Crippen LogP contribution in [0.25, 0.3) is 11.2 Å². The number of carbonyl (C=O) groups is 2. The first kappa shape index (κ1) is 26.1. The minimum absolute atomic E-state index is 0.240. The van der Waals surface area contributed by atoms with Crippen LogP contribution in [-0.2, 0) is 32.8 Å². The third-order valence-electron chi connectivity index (χ3n) is 8.21. The summed E-state index contributed by atoms with van der Waals surface area (Å²) in [7, 11) is 1.22. The first-order valence-corrected chi connectivity index (χ1v) is 12.9. The van der Waals surface area contributed by atoms with E-state index in [1.807, 2.05) is 13.8 Å². The SMILES string of the molecule is CCCn1c(=O)c2[nH]c(C34CCC(C(=O)NC(C(=O)OC)C(C)O)(CC3)CC4)nc2n(CCC)c1=O. The Morgan fingerprint density at radius 1 is 1.08 bits per heavy atom. The molecule has 3 fully saturated rings. The quantitative estimate of drug-likeness (QED) is 0.437. The fraction of sp³-hybridized carbons (Fsp3) is 0.720. The molecule has 11 nitrogen and oxygen atoms in total. The lowest BCUT2D eigenvalue weighted by Gasteiger charge is -2.51. The number of imidazole rings is 1. The Morgan fingerprint density at radius 3 is 2.19 bits per heavy atom. The van der Waals surface area contributed by atoms with Crippen molar-refractivity contribution >= 4 is 23.0 Å². The number of fused-ring (bicyclic) bond motifs is 4. The number of methoxy groups -OCH3 is 1. The molecule has 5 rings (SSSR count). The summed E-state index contributed by atoms with van der Waals surface area (Å²) in [5.41, 5.74) is -0.824. The van der Waals surface area contributed by atoms with Gasteiger partial charge in [0.05, 0.1) is 13.2 Å². The number of hydrogen-bond acceptors (Lipinski definition) is 7. The minimum atomic E-state index is -1.11. The number of ether oxygens (including phenoxy) is 1. The molecule has 0 radical (unpaired) electrons. The molecule has 2 aromatic rings. The number of aromatic nitrogens is 4. The molecule has 3 aliphatic rings. The molecule has 0 aromatic carbocycles. The Balaban J connectivity index is 1.63. The van der Waals surface area contributed by atoms with E-state index in [4.69, 9.17) is 9.72 Å². The Labute approximate surface area is 209 Å². The number of H-pyrrole nitrogens is 1. The van der Waals surface area contributed by atoms with Crippen LogP contribution in [0.3, 0.4) is 0 Å². The van der Waals surface area contributed by atoms with Crippen LogP contribution in [0.2, 0.25) is 0 Å². The van der Waals surface area contributed by atoms with Crippen LogP contribution in [0.5, 0.6) is 0 Å². The number of amides is 1. The third-order valence-corrected chi connectivity index (χ3v) is 8.21. The highest BCUT2D eigenvalue weighted by atomic mass is 16.5. The second-order valence-electron chi connectivity index (χ2n) is 10.5. The lowest BCUT2D eigenvalue weighted by Crippen LogP contribution is -2.57. The van der Waals surface area contributed by atoms with E-state index in [9.17, 15) is 24.3 Å². The second-order valence-corrected chi connectivity index (χ2v) is 10.5. The third kappa shape index (κ3) is 4.16. The van der Waals surface area contributed by atoms with Crippen LogP contribution >= 0.6 is 0 Å². The van der Waals surface area contributed by atoms with Crippen molar-refractivity contribution in [3.05, 3.63) is 26.7 Å². The van der Waals surface area contributed by atoms with Gasteiger partial charge in [-0.2, -0.15) is 0 Å². The Kier molecular flexibility index (Phi) is 7.14. The van der Waals surface area contributed by atoms with Crippen molar-refractivity contribution in [2.24, 2.45) is 5.41 Å². The monoisotopic (exact) mass is 503 g/mol. The van der Waals surface area contributed by atoms with E-state index in [1.165, 1.54) is 18.6 Å². The van der Waals surface area contributed by atoms with Gasteiger partial charge in [0.15, 0.2) is 11.7 Å². The number of nitrogens with one attached hydrogen (secondary N) is 2. The number of esters is 1. The van der Waals surface area contributed by atoms with Crippen LogP contribution in [0, 0.1) is 5.41 Å². The van der Waals surface area contributed by atoms with Crippen LogP contribution in [-0.4, -0.2) is 55.3 Å². The second kappa shape index (κ2) is 9.84. The Morgan fingerprint density at radius 2 is 1.67 bits per heavy atom. The summed E-state index contributed by atoms with van der Waals surface area (Å²) >= 11 is 0. The summed E-state index contributed by atoms with van der Waals surface area (Å²) < 4.78 is 7.61. The predicted octanol–water partition coefficient (Wildman–Crippen LogP) is 1.34. The molecule has 0 aliphatic heterocycles. The highest BCUT2D eigenvalue weighted by Gasteiger charge is 2.54. The molecule has 0 spiro atoms. The van der Waals surface area contributed by atoms with E-state index in [1.54, 1.807) is 4.57 Å². The van der Waals surface area contributed by atoms with Gasteiger partial charge in [0, 0.05) is 23.9 Å². The van der Waals surface area contributed by atoms with Gasteiger partial charge >= 0.3 is 11.7 Å². The Bertz CT molecular complexity index is 1250. The molecule has 1 amide bonds. The largest absolute Gasteiger partial charge is 0.467 e. The highest BCUT2D eigenvalue weighted by molar-refractivity contribution is 5.88. The van der Waals surface area contributed by atoms with Crippen LogP contribution < -0.4 is 16.6 Å². The summed E-state index contributed by atoms with van der Waals surface area (Å²) in [6.07, 6.45) is 4.23. The van der Waals surface area contributed by atoms with E-state index in [0.717, 1.165) is 6.42 Å². The number of nitrogens with zero attached hydrogens (tertiary/aromatic N) is 3. The van der Waals surface area contributed by atoms with Gasteiger partial charge in [-0.25, -0.2) is 14.6 Å². The van der Waals surface area contributed by atoms with Gasteiger partial charge < -0.3 is 20.1 Å². The van der Waals surface area contributed by atoms with Crippen molar-refractivity contribution in [3.8, 4) is 0 Å². The molecule has 2 heterocycles. The van der Waals surface area contributed by atoms with E-state index >= 15 is 0 Å². The van der Waals surface area contributed by atoms with Crippen LogP contribution in [0.1, 0.15) is 78.0 Å². The van der Waals surface area contributed by atoms with Gasteiger partial charge in [0.1, 0.15) is 11.3 Å². The van der Waals surface area contributed by atoms with Crippen molar-refractivity contribution in [1.82, 2.24) is 24.4 Å². The van der Waals surface area contributed by atoms with Crippen molar-refractivity contribution in [1.29, 1.82) is 0 Å². The first-order valence-electron chi connectivity index (χ1n) is 12.9. The zero-order valence-electron chi connectivity index (χ0n) is 21.6. The number of aromatic amines is 1. The molecule has 2 bridgehead atoms. The first-order chi connectivity index (χ1) is 17.1. The maximum atomic E-state index is 13.3. The van der Waals surface area contributed by atoms with Crippen LogP contribution in [0.15, 0.2) is 9.59 Å². The number of hydrogen-bond donors (Lipinski definition) is 3. The van der Waals surface area contributed by atoms with Gasteiger partial charge in [0.2, 0.25) is 5.91 Å². The lowest BCUT2D eigenvalue weighted by molar-refractivity contribution is -0.151. The number of aryl methyl sites for hydroxylation is 1. The topological polar surface area (TPSA) is 148 Å². The summed E-state index contributed by atoms with van der Waals surface area (Å²) in [6.45, 7) is 6.19. The zero-order chi connectivity index (χ0) is 26.3. The molecule has 36 heavy (non-hydrogen) atoms. The molecule has 3 N–H and O–H groups in total. The molecule has 2 aromatic heterocycles. The normalized spacial score (nSPS) is 25.0. The summed E-state index contributed by atoms with van der Waals surface area (Å²) in [4.78, 5) is 59.6. The number of carbonyl (C=O) groups excluding carboxylic acids is 2. The molecule has 11 heteroatoms. The maximum absolute atomic E-state index is 13.3. The van der Waals surface area contributed by atoms with E-state index in [2.05, 4.69) is 10.3 Å². The fourth-order valence-corrected chi connectivity index (χ4v) is 5.94. The highest BCUT2D eigenvalue weighted by Crippen LogP contribution is 2.57. The van der Waals surface area contributed by atoms with Gasteiger partial charge in [0.25, 0.3) is 5.56 Å². The summed E-state index contributed by atoms with van der Waals surface area (Å²) in [6, 6.07) is -1.11. The molecule has 2 atom stereocenters. The van der Waals surface area contributed by atoms with Gasteiger partial charge in [-0.15, -0.1) is 0 Å². The predicted molar refractivity (Wildman–Crippen MR) is 133 cm³/mol. The van der Waals surface area contributed by atoms with E-state index in [0.29, 0.717) is 75.0 Å². The van der Waals surface area contributed by atoms with E-state index < -0.39 is 23.5 Å². The van der Waals surface area contributed by atoms with Crippen molar-refractivity contribution in [2.45, 2.75) is 103 Å². The summed E-state index contributed by atoms with van der Waals surface area (Å²) in [5.74, 6) is -0.209. The van der Waals surface area contributed by atoms with Gasteiger partial charge in [-0.3, -0.25) is 18.7 Å². The van der Waals surface area contributed by atoms with Crippen molar-refractivity contribution in [3.63, 3.8) is 0 Å². The molecule has 2 unspecified atom stereocenters. The average molecular weight is 504 g/mol. The number of rotatable bonds is 9. The molecule has 0 saturated heterocycles. The number of aliphatic hydroxyl groups is 1. The molecule has 3 saturated carbocycles. The van der Waals surface area contributed by atoms with Gasteiger partial charge in [-0.05, 0) is 58.3 Å². The molecule has 198 valence electrons. The maximum Gasteiger partial charge on any atom is 0.332 e. The van der Waals surface area contributed by atoms with Crippen molar-refractivity contribution < 1.29 is 19.4 Å². The smallest absolute Gasteiger partial charge is 0.332 e. The standard InChI is InChI=1S/C25H37N5O6/c1-5-13-29-18-17(19(32)30(14-6-2)23(29)35)26-21(28-18)24-7-10-25(11-8-24,12-9-24)22(34)27-16(15(3)31)20(33)36-4/h15-16,31H,5-14H2,1-4H3,(H,26,28)(H,27,34). The fourth-order valence-electron chi connectivity index (χ4n) is 5.94. The van der Waals surface area contributed by atoms with Gasteiger partial charge in [-0.1, -0.05) is 13.8 Å². The molecule has 3 aliphatic carbocycles. The van der Waals surface area contributed by atoms with Crippen molar-refractivity contribution in [2.75, 3.05) is 7.11 Å². The Hall–Kier alpha value is -2.95.